The van der Waals surface area contributed by atoms with Crippen LogP contribution in [0, 0.1) is 0 Å². The highest BCUT2D eigenvalue weighted by atomic mass is 79.9. The van der Waals surface area contributed by atoms with Gasteiger partial charge in [0.25, 0.3) is 5.91 Å². The third kappa shape index (κ3) is 4.35. The van der Waals surface area contributed by atoms with E-state index in [1.165, 1.54) is 6.21 Å². The Bertz CT molecular complexity index is 985. The molecule has 2 aromatic carbocycles. The Morgan fingerprint density at radius 1 is 1.15 bits per heavy atom. The maximum absolute atomic E-state index is 12.2. The number of nitrogens with one attached hydrogen (secondary N) is 2. The number of hydrazone groups is 1. The summed E-state index contributed by atoms with van der Waals surface area (Å²) < 4.78 is 11.3. The minimum Gasteiger partial charge on any atom is -0.493 e. The van der Waals surface area contributed by atoms with Crippen molar-refractivity contribution in [3.05, 3.63) is 64.3 Å². The van der Waals surface area contributed by atoms with Crippen molar-refractivity contribution in [1.29, 1.82) is 0 Å². The fraction of sp³-hybridized carbons (Fsp3) is 0.105. The number of rotatable bonds is 6. The largest absolute Gasteiger partial charge is 0.493 e. The molecule has 0 atom stereocenters. The number of aromatic nitrogens is 2. The first-order valence-electron chi connectivity index (χ1n) is 7.98. The summed E-state index contributed by atoms with van der Waals surface area (Å²) in [4.78, 5) is 12.2. The Labute approximate surface area is 164 Å². The molecule has 1 amide bonds. The van der Waals surface area contributed by atoms with E-state index in [1.807, 2.05) is 24.3 Å². The Kier molecular flexibility index (Phi) is 5.87. The summed E-state index contributed by atoms with van der Waals surface area (Å²) in [7, 11) is 3.12. The lowest BCUT2D eigenvalue weighted by atomic mass is 10.1. The molecular weight excluding hydrogens is 412 g/mol. The Morgan fingerprint density at radius 2 is 1.93 bits per heavy atom. The van der Waals surface area contributed by atoms with Crippen LogP contribution in [0.5, 0.6) is 11.5 Å². The first-order valence-corrected chi connectivity index (χ1v) is 8.77. The van der Waals surface area contributed by atoms with E-state index in [0.717, 1.165) is 15.6 Å². The van der Waals surface area contributed by atoms with Crippen molar-refractivity contribution in [2.45, 2.75) is 0 Å². The summed E-state index contributed by atoms with van der Waals surface area (Å²) in [5, 5.41) is 10.9. The number of carbonyl (C=O) groups excluding carboxylic acids is 1. The van der Waals surface area contributed by atoms with Crippen LogP contribution in [0.4, 0.5) is 0 Å². The molecular formula is C19H17BrN4O3. The fourth-order valence-electron chi connectivity index (χ4n) is 2.40. The minimum absolute atomic E-state index is 0.310. The Morgan fingerprint density at radius 3 is 2.67 bits per heavy atom. The third-order valence-corrected chi connectivity index (χ3v) is 4.45. The Hall–Kier alpha value is -3.13. The van der Waals surface area contributed by atoms with Gasteiger partial charge in [-0.25, -0.2) is 5.43 Å². The van der Waals surface area contributed by atoms with Gasteiger partial charge in [-0.3, -0.25) is 9.89 Å². The van der Waals surface area contributed by atoms with Crippen molar-refractivity contribution in [1.82, 2.24) is 15.6 Å². The van der Waals surface area contributed by atoms with Gasteiger partial charge in [-0.15, -0.1) is 0 Å². The van der Waals surface area contributed by atoms with Gasteiger partial charge in [0.15, 0.2) is 11.5 Å². The highest BCUT2D eigenvalue weighted by molar-refractivity contribution is 9.10. The summed E-state index contributed by atoms with van der Waals surface area (Å²) in [5.41, 5.74) is 5.09. The van der Waals surface area contributed by atoms with Gasteiger partial charge in [-0.1, -0.05) is 34.1 Å². The van der Waals surface area contributed by atoms with Gasteiger partial charge < -0.3 is 9.47 Å². The van der Waals surface area contributed by atoms with E-state index in [-0.39, 0.29) is 0 Å². The van der Waals surface area contributed by atoms with E-state index in [4.69, 9.17) is 9.47 Å². The average molecular weight is 429 g/mol. The minimum atomic E-state index is -0.391. The number of halogens is 1. The van der Waals surface area contributed by atoms with Crippen molar-refractivity contribution in [2.24, 2.45) is 5.10 Å². The number of hydrogen-bond acceptors (Lipinski definition) is 5. The van der Waals surface area contributed by atoms with Crippen LogP contribution in [0.3, 0.4) is 0 Å². The maximum Gasteiger partial charge on any atom is 0.289 e. The lowest BCUT2D eigenvalue weighted by Crippen LogP contribution is -2.18. The maximum atomic E-state index is 12.2. The number of carbonyl (C=O) groups is 1. The van der Waals surface area contributed by atoms with Crippen molar-refractivity contribution < 1.29 is 14.3 Å². The highest BCUT2D eigenvalue weighted by Gasteiger charge is 2.12. The zero-order valence-electron chi connectivity index (χ0n) is 14.7. The van der Waals surface area contributed by atoms with E-state index in [9.17, 15) is 4.79 Å². The zero-order chi connectivity index (χ0) is 19.2. The molecule has 0 aliphatic rings. The van der Waals surface area contributed by atoms with Crippen LogP contribution in [0.25, 0.3) is 11.3 Å². The van der Waals surface area contributed by atoms with E-state index < -0.39 is 5.91 Å². The fourth-order valence-corrected chi connectivity index (χ4v) is 2.89. The number of nitrogens with zero attached hydrogens (tertiary/aromatic N) is 2. The molecule has 0 spiro atoms. The molecule has 27 heavy (non-hydrogen) atoms. The topological polar surface area (TPSA) is 88.6 Å². The third-order valence-electron chi connectivity index (χ3n) is 3.76. The van der Waals surface area contributed by atoms with Crippen LogP contribution in [0.2, 0.25) is 0 Å². The SMILES string of the molecule is COc1ccc(/C=N/NC(=O)c2cc(-c3ccccc3Br)n[nH]2)cc1OC. The van der Waals surface area contributed by atoms with Gasteiger partial charge in [0.1, 0.15) is 5.69 Å². The van der Waals surface area contributed by atoms with Gasteiger partial charge in [0.2, 0.25) is 0 Å². The lowest BCUT2D eigenvalue weighted by molar-refractivity contribution is 0.0950. The van der Waals surface area contributed by atoms with Crippen LogP contribution in [-0.4, -0.2) is 36.5 Å². The number of aromatic amines is 1. The molecule has 0 saturated heterocycles. The number of H-pyrrole nitrogens is 1. The predicted octanol–water partition coefficient (Wildman–Crippen LogP) is 3.62. The molecule has 0 radical (unpaired) electrons. The van der Waals surface area contributed by atoms with Crippen molar-refractivity contribution >= 4 is 28.1 Å². The summed E-state index contributed by atoms with van der Waals surface area (Å²) in [6.07, 6.45) is 1.52. The molecule has 0 saturated carbocycles. The van der Waals surface area contributed by atoms with E-state index >= 15 is 0 Å². The molecule has 0 bridgehead atoms. The van der Waals surface area contributed by atoms with Gasteiger partial charge in [-0.2, -0.15) is 10.2 Å². The molecule has 1 heterocycles. The van der Waals surface area contributed by atoms with Crippen LogP contribution < -0.4 is 14.9 Å². The first-order chi connectivity index (χ1) is 13.1. The van der Waals surface area contributed by atoms with Crippen LogP contribution in [0.15, 0.2) is 58.1 Å². The highest BCUT2D eigenvalue weighted by Crippen LogP contribution is 2.27. The molecule has 0 unspecified atom stereocenters. The van der Waals surface area contributed by atoms with Crippen LogP contribution in [-0.2, 0) is 0 Å². The van der Waals surface area contributed by atoms with Crippen LogP contribution >= 0.6 is 15.9 Å². The molecule has 0 aliphatic heterocycles. The molecule has 8 heteroatoms. The van der Waals surface area contributed by atoms with Gasteiger partial charge in [0.05, 0.1) is 26.1 Å². The summed E-state index contributed by atoms with van der Waals surface area (Å²) in [5.74, 6) is 0.813. The predicted molar refractivity (Wildman–Crippen MR) is 106 cm³/mol. The molecule has 1 aromatic heterocycles. The normalized spacial score (nSPS) is 10.8. The van der Waals surface area contributed by atoms with E-state index in [2.05, 4.69) is 36.7 Å². The van der Waals surface area contributed by atoms with Crippen molar-refractivity contribution in [2.75, 3.05) is 14.2 Å². The standard InChI is InChI=1S/C19H17BrN4O3/c1-26-17-8-7-12(9-18(17)27-2)11-21-24-19(25)16-10-15(22-23-16)13-5-3-4-6-14(13)20/h3-11H,1-2H3,(H,22,23)(H,24,25)/b21-11+. The first kappa shape index (κ1) is 18.7. The second kappa shape index (κ2) is 8.50. The lowest BCUT2D eigenvalue weighted by Gasteiger charge is -2.07. The second-order valence-corrected chi connectivity index (χ2v) is 6.31. The number of hydrogen-bond donors (Lipinski definition) is 2. The van der Waals surface area contributed by atoms with Gasteiger partial charge in [-0.05, 0) is 35.9 Å². The molecule has 2 N–H and O–H groups in total. The van der Waals surface area contributed by atoms with E-state index in [0.29, 0.717) is 22.9 Å². The smallest absolute Gasteiger partial charge is 0.289 e. The monoisotopic (exact) mass is 428 g/mol. The molecule has 0 aliphatic carbocycles. The van der Waals surface area contributed by atoms with Crippen LogP contribution in [0.1, 0.15) is 16.1 Å². The zero-order valence-corrected chi connectivity index (χ0v) is 16.3. The quantitative estimate of drug-likeness (QED) is 0.463. The number of ether oxygens (including phenoxy) is 2. The number of methoxy groups -OCH3 is 2. The Balaban J connectivity index is 1.68. The average Bonchev–Trinajstić information content (AvgIpc) is 3.18. The van der Waals surface area contributed by atoms with Gasteiger partial charge >= 0.3 is 0 Å². The van der Waals surface area contributed by atoms with Crippen molar-refractivity contribution in [3.63, 3.8) is 0 Å². The van der Waals surface area contributed by atoms with Gasteiger partial charge in [0, 0.05) is 10.0 Å². The molecule has 0 fully saturated rings. The summed E-state index contributed by atoms with van der Waals surface area (Å²) in [6.45, 7) is 0. The number of benzene rings is 2. The number of amides is 1. The summed E-state index contributed by atoms with van der Waals surface area (Å²) >= 11 is 3.47. The molecule has 3 aromatic rings. The second-order valence-electron chi connectivity index (χ2n) is 5.46. The van der Waals surface area contributed by atoms with E-state index in [1.54, 1.807) is 38.5 Å². The molecule has 138 valence electrons. The van der Waals surface area contributed by atoms with Crippen molar-refractivity contribution in [3.8, 4) is 22.8 Å². The summed E-state index contributed by atoms with van der Waals surface area (Å²) in [6, 6.07) is 14.6. The molecule has 7 nitrogen and oxygen atoms in total. The molecule has 3 rings (SSSR count).